The number of hydrogen-bond acceptors (Lipinski definition) is 6. The van der Waals surface area contributed by atoms with Gasteiger partial charge in [0, 0.05) is 23.6 Å². The highest BCUT2D eigenvalue weighted by Gasteiger charge is 2.21. The van der Waals surface area contributed by atoms with Crippen LogP contribution in [0.2, 0.25) is 0 Å². The fourth-order valence-electron chi connectivity index (χ4n) is 2.59. The second kappa shape index (κ2) is 7.83. The Morgan fingerprint density at radius 3 is 2.85 bits per heavy atom. The molecular formula is C17H21N3O4S2. The number of sulfonamides is 1. The van der Waals surface area contributed by atoms with Crippen LogP contribution in [-0.2, 0) is 14.8 Å². The quantitative estimate of drug-likeness (QED) is 0.783. The van der Waals surface area contributed by atoms with E-state index < -0.39 is 15.9 Å². The Labute approximate surface area is 156 Å². The van der Waals surface area contributed by atoms with Crippen LogP contribution in [0.3, 0.4) is 0 Å². The number of aromatic nitrogens is 1. The highest BCUT2D eigenvalue weighted by Crippen LogP contribution is 2.22. The van der Waals surface area contributed by atoms with Crippen molar-refractivity contribution in [3.63, 3.8) is 0 Å². The summed E-state index contributed by atoms with van der Waals surface area (Å²) in [4.78, 5) is 17.7. The highest BCUT2D eigenvalue weighted by molar-refractivity contribution is 7.89. The number of carbonyl (C=O) groups is 1. The molecule has 1 aromatic heterocycles. The molecule has 2 heterocycles. The molecule has 0 aliphatic carbocycles. The van der Waals surface area contributed by atoms with E-state index in [2.05, 4.69) is 15.0 Å². The molecule has 3 rings (SSSR count). The van der Waals surface area contributed by atoms with Crippen LogP contribution >= 0.6 is 11.3 Å². The first kappa shape index (κ1) is 19.0. The van der Waals surface area contributed by atoms with Gasteiger partial charge in [0.2, 0.25) is 10.0 Å². The van der Waals surface area contributed by atoms with Crippen LogP contribution in [-0.4, -0.2) is 38.6 Å². The van der Waals surface area contributed by atoms with Gasteiger partial charge in [-0.25, -0.2) is 18.1 Å². The van der Waals surface area contributed by atoms with Crippen molar-refractivity contribution in [1.29, 1.82) is 0 Å². The molecule has 0 radical (unpaired) electrons. The second-order valence-corrected chi connectivity index (χ2v) is 9.10. The number of aryl methyl sites for hydroxylation is 2. The summed E-state index contributed by atoms with van der Waals surface area (Å²) in [6.07, 6.45) is 1.70. The Morgan fingerprint density at radius 1 is 1.38 bits per heavy atom. The summed E-state index contributed by atoms with van der Waals surface area (Å²) < 4.78 is 32.9. The van der Waals surface area contributed by atoms with E-state index in [1.807, 2.05) is 13.8 Å². The maximum atomic E-state index is 12.5. The SMILES string of the molecule is Cc1nc(NC(=O)c2cccc(S(=O)(=O)NCC3CCCO3)c2)sc1C. The Kier molecular flexibility index (Phi) is 5.71. The second-order valence-electron chi connectivity index (χ2n) is 6.13. The number of hydrogen-bond donors (Lipinski definition) is 2. The fourth-order valence-corrected chi connectivity index (χ4v) is 4.51. The van der Waals surface area contributed by atoms with Crippen LogP contribution < -0.4 is 10.0 Å². The number of benzene rings is 1. The average Bonchev–Trinajstić information content (AvgIpc) is 3.23. The van der Waals surface area contributed by atoms with Gasteiger partial charge in [0.15, 0.2) is 5.13 Å². The zero-order valence-electron chi connectivity index (χ0n) is 14.6. The van der Waals surface area contributed by atoms with Gasteiger partial charge >= 0.3 is 0 Å². The molecule has 26 heavy (non-hydrogen) atoms. The normalized spacial score (nSPS) is 17.4. The van der Waals surface area contributed by atoms with Crippen LogP contribution in [0.15, 0.2) is 29.2 Å². The predicted molar refractivity (Wildman–Crippen MR) is 100 cm³/mol. The molecule has 1 aliphatic heterocycles. The van der Waals surface area contributed by atoms with Crippen molar-refractivity contribution in [2.45, 2.75) is 37.7 Å². The first-order valence-electron chi connectivity index (χ1n) is 8.32. The standard InChI is InChI=1S/C17H21N3O4S2/c1-11-12(2)25-17(19-11)20-16(21)13-5-3-7-15(9-13)26(22,23)18-10-14-6-4-8-24-14/h3,5,7,9,14,18H,4,6,8,10H2,1-2H3,(H,19,20,21). The molecule has 1 unspecified atom stereocenters. The predicted octanol–water partition coefficient (Wildman–Crippen LogP) is 2.47. The summed E-state index contributed by atoms with van der Waals surface area (Å²) >= 11 is 1.38. The lowest BCUT2D eigenvalue weighted by atomic mass is 10.2. The topological polar surface area (TPSA) is 97.4 Å². The number of rotatable bonds is 6. The number of thiazole rings is 1. The average molecular weight is 396 g/mol. The Balaban J connectivity index is 1.71. The molecule has 1 atom stereocenters. The van der Waals surface area contributed by atoms with Gasteiger partial charge in [0.25, 0.3) is 5.91 Å². The maximum Gasteiger partial charge on any atom is 0.257 e. The summed E-state index contributed by atoms with van der Waals surface area (Å²) in [5.41, 5.74) is 1.12. The molecule has 1 saturated heterocycles. The van der Waals surface area contributed by atoms with E-state index in [1.54, 1.807) is 12.1 Å². The zero-order chi connectivity index (χ0) is 18.7. The summed E-state index contributed by atoms with van der Waals surface area (Å²) in [5.74, 6) is -0.394. The van der Waals surface area contributed by atoms with Gasteiger partial charge in [-0.15, -0.1) is 11.3 Å². The van der Waals surface area contributed by atoms with Crippen molar-refractivity contribution in [3.8, 4) is 0 Å². The van der Waals surface area contributed by atoms with Crippen LogP contribution in [0.25, 0.3) is 0 Å². The Bertz CT molecular complexity index is 883. The minimum absolute atomic E-state index is 0.0506. The van der Waals surface area contributed by atoms with E-state index in [1.165, 1.54) is 23.5 Å². The first-order valence-corrected chi connectivity index (χ1v) is 10.6. The van der Waals surface area contributed by atoms with Crippen LogP contribution in [0.1, 0.15) is 33.8 Å². The summed E-state index contributed by atoms with van der Waals surface area (Å²) in [6.45, 7) is 4.69. The third-order valence-electron chi connectivity index (χ3n) is 4.18. The molecule has 1 aliphatic rings. The summed E-state index contributed by atoms with van der Waals surface area (Å²) in [5, 5.41) is 3.20. The van der Waals surface area contributed by atoms with Gasteiger partial charge < -0.3 is 4.74 Å². The molecule has 0 spiro atoms. The van der Waals surface area contributed by atoms with Gasteiger partial charge in [0.1, 0.15) is 0 Å². The molecule has 1 fully saturated rings. The van der Waals surface area contributed by atoms with Gasteiger partial charge in [0.05, 0.1) is 16.7 Å². The van der Waals surface area contributed by atoms with E-state index >= 15 is 0 Å². The summed E-state index contributed by atoms with van der Waals surface area (Å²) in [6, 6.07) is 5.95. The van der Waals surface area contributed by atoms with E-state index in [4.69, 9.17) is 4.74 Å². The van der Waals surface area contributed by atoms with Gasteiger partial charge in [-0.2, -0.15) is 0 Å². The van der Waals surface area contributed by atoms with Crippen molar-refractivity contribution in [2.75, 3.05) is 18.5 Å². The number of carbonyl (C=O) groups excluding carboxylic acids is 1. The lowest BCUT2D eigenvalue weighted by molar-refractivity contribution is 0.102. The van der Waals surface area contributed by atoms with Gasteiger partial charge in [-0.05, 0) is 44.9 Å². The van der Waals surface area contributed by atoms with E-state index in [0.717, 1.165) is 23.4 Å². The lowest BCUT2D eigenvalue weighted by Gasteiger charge is -2.12. The fraction of sp³-hybridized carbons (Fsp3) is 0.412. The molecular weight excluding hydrogens is 374 g/mol. The largest absolute Gasteiger partial charge is 0.377 e. The van der Waals surface area contributed by atoms with Gasteiger partial charge in [-0.3, -0.25) is 10.1 Å². The van der Waals surface area contributed by atoms with Crippen molar-refractivity contribution < 1.29 is 17.9 Å². The first-order chi connectivity index (χ1) is 12.3. The molecule has 2 aromatic rings. The van der Waals surface area contributed by atoms with Crippen LogP contribution in [0.4, 0.5) is 5.13 Å². The number of amides is 1. The van der Waals surface area contributed by atoms with Crippen molar-refractivity contribution >= 4 is 32.4 Å². The van der Waals surface area contributed by atoms with Gasteiger partial charge in [-0.1, -0.05) is 6.07 Å². The Morgan fingerprint density at radius 2 is 2.19 bits per heavy atom. The number of anilines is 1. The molecule has 0 saturated carbocycles. The minimum Gasteiger partial charge on any atom is -0.377 e. The highest BCUT2D eigenvalue weighted by atomic mass is 32.2. The summed E-state index contributed by atoms with van der Waals surface area (Å²) in [7, 11) is -3.70. The van der Waals surface area contributed by atoms with Crippen molar-refractivity contribution in [3.05, 3.63) is 40.4 Å². The third-order valence-corrected chi connectivity index (χ3v) is 6.59. The van der Waals surface area contributed by atoms with E-state index in [0.29, 0.717) is 11.7 Å². The molecule has 2 N–H and O–H groups in total. The van der Waals surface area contributed by atoms with Crippen molar-refractivity contribution in [2.24, 2.45) is 0 Å². The Hall–Kier alpha value is -1.81. The minimum atomic E-state index is -3.70. The monoisotopic (exact) mass is 395 g/mol. The van der Waals surface area contributed by atoms with Crippen LogP contribution in [0.5, 0.6) is 0 Å². The molecule has 1 amide bonds. The van der Waals surface area contributed by atoms with E-state index in [-0.39, 0.29) is 23.1 Å². The number of nitrogens with zero attached hydrogens (tertiary/aromatic N) is 1. The van der Waals surface area contributed by atoms with E-state index in [9.17, 15) is 13.2 Å². The number of ether oxygens (including phenoxy) is 1. The number of nitrogens with one attached hydrogen (secondary N) is 2. The molecule has 7 nitrogen and oxygen atoms in total. The van der Waals surface area contributed by atoms with Crippen molar-refractivity contribution in [1.82, 2.24) is 9.71 Å². The molecule has 140 valence electrons. The molecule has 1 aromatic carbocycles. The maximum absolute atomic E-state index is 12.5. The molecule has 0 bridgehead atoms. The molecule has 9 heteroatoms. The third kappa shape index (κ3) is 4.47. The lowest BCUT2D eigenvalue weighted by Crippen LogP contribution is -2.32. The van der Waals surface area contributed by atoms with Crippen LogP contribution in [0, 0.1) is 13.8 Å². The smallest absolute Gasteiger partial charge is 0.257 e. The zero-order valence-corrected chi connectivity index (χ0v) is 16.2.